The van der Waals surface area contributed by atoms with E-state index >= 15 is 0 Å². The first-order valence-electron chi connectivity index (χ1n) is 11.5. The van der Waals surface area contributed by atoms with Crippen LogP contribution in [-0.4, -0.2) is 57.7 Å². The van der Waals surface area contributed by atoms with Crippen molar-refractivity contribution in [2.75, 3.05) is 31.6 Å². The lowest BCUT2D eigenvalue weighted by Gasteiger charge is -2.31. The maximum absolute atomic E-state index is 13.5. The number of anilines is 1. The Balaban J connectivity index is 1.50. The average molecular weight is 524 g/mol. The maximum Gasteiger partial charge on any atom is 0.267 e. The van der Waals surface area contributed by atoms with Gasteiger partial charge in [0.25, 0.3) is 5.56 Å². The Morgan fingerprint density at radius 1 is 1.03 bits per heavy atom. The van der Waals surface area contributed by atoms with E-state index in [2.05, 4.69) is 15.2 Å². The van der Waals surface area contributed by atoms with Crippen molar-refractivity contribution in [2.24, 2.45) is 0 Å². The topological polar surface area (TPSA) is 89.3 Å². The van der Waals surface area contributed by atoms with Gasteiger partial charge in [-0.25, -0.2) is 14.5 Å². The van der Waals surface area contributed by atoms with Crippen molar-refractivity contribution in [3.8, 4) is 17.2 Å². The molecular weight excluding hydrogens is 501 g/mol. The van der Waals surface area contributed by atoms with Crippen LogP contribution in [0.1, 0.15) is 6.92 Å². The van der Waals surface area contributed by atoms with Gasteiger partial charge in [0.05, 0.1) is 35.2 Å². The highest BCUT2D eigenvalue weighted by molar-refractivity contribution is 6.31. The summed E-state index contributed by atoms with van der Waals surface area (Å²) in [6, 6.07) is 15.2. The fraction of sp³-hybridized carbons (Fsp3) is 0.231. The molecule has 0 saturated carbocycles. The van der Waals surface area contributed by atoms with E-state index in [0.717, 1.165) is 13.1 Å². The number of hydrogen-bond acceptors (Lipinski definition) is 6. The molecule has 0 aliphatic carbocycles. The van der Waals surface area contributed by atoms with Gasteiger partial charge in [-0.1, -0.05) is 23.2 Å². The molecule has 5 rings (SSSR count). The quantitative estimate of drug-likeness (QED) is 0.416. The first kappa shape index (κ1) is 24.4. The van der Waals surface area contributed by atoms with Crippen LogP contribution in [0.15, 0.2) is 65.6 Å². The van der Waals surface area contributed by atoms with Crippen LogP contribution in [0.3, 0.4) is 0 Å². The number of carbonyl (C=O) groups excluding carboxylic acids is 1. The normalized spacial score (nSPS) is 15.1. The van der Waals surface area contributed by atoms with Crippen LogP contribution in [0.5, 0.6) is 0 Å². The second kappa shape index (κ2) is 10.4. The number of aromatic nitrogens is 3. The molecule has 1 unspecified atom stereocenters. The van der Waals surface area contributed by atoms with E-state index in [1.807, 2.05) is 19.1 Å². The van der Waals surface area contributed by atoms with Crippen LogP contribution >= 0.6 is 23.2 Å². The number of hydrogen-bond donors (Lipinski definition) is 1. The molecule has 1 fully saturated rings. The number of fused-ring (bicyclic) bond motifs is 1. The van der Waals surface area contributed by atoms with Gasteiger partial charge in [0.15, 0.2) is 0 Å². The third-order valence-corrected chi connectivity index (χ3v) is 6.61. The minimum Gasteiger partial charge on any atom is -0.379 e. The second-order valence-corrected chi connectivity index (χ2v) is 9.34. The van der Waals surface area contributed by atoms with Crippen LogP contribution < -0.4 is 10.9 Å². The molecule has 1 amide bonds. The van der Waals surface area contributed by atoms with Gasteiger partial charge in [0.1, 0.15) is 11.6 Å². The highest BCUT2D eigenvalue weighted by Gasteiger charge is 2.23. The Morgan fingerprint density at radius 2 is 1.75 bits per heavy atom. The third-order valence-electron chi connectivity index (χ3n) is 6.15. The van der Waals surface area contributed by atoms with Gasteiger partial charge in [0, 0.05) is 35.6 Å². The largest absolute Gasteiger partial charge is 0.379 e. The Bertz CT molecular complexity index is 1470. The Kier molecular flexibility index (Phi) is 7.02. The molecule has 0 bridgehead atoms. The zero-order valence-corrected chi connectivity index (χ0v) is 21.0. The number of nitrogens with one attached hydrogen (secondary N) is 1. The summed E-state index contributed by atoms with van der Waals surface area (Å²) >= 11 is 12.2. The average Bonchev–Trinajstić information content (AvgIpc) is 2.90. The Morgan fingerprint density at radius 3 is 2.44 bits per heavy atom. The van der Waals surface area contributed by atoms with Crippen LogP contribution in [0.4, 0.5) is 5.69 Å². The van der Waals surface area contributed by atoms with Crippen molar-refractivity contribution in [3.05, 3.63) is 81.2 Å². The molecule has 36 heavy (non-hydrogen) atoms. The monoisotopic (exact) mass is 523 g/mol. The highest BCUT2D eigenvalue weighted by atomic mass is 35.5. The molecule has 184 valence electrons. The third kappa shape index (κ3) is 4.99. The number of amides is 1. The molecule has 1 atom stereocenters. The fourth-order valence-electron chi connectivity index (χ4n) is 4.14. The molecule has 0 radical (unpaired) electrons. The molecule has 2 aromatic heterocycles. The molecule has 1 aliphatic heterocycles. The Labute approximate surface area is 217 Å². The molecule has 4 aromatic rings. The van der Waals surface area contributed by atoms with E-state index in [9.17, 15) is 9.59 Å². The zero-order valence-electron chi connectivity index (χ0n) is 19.4. The lowest BCUT2D eigenvalue weighted by molar-refractivity contribution is -0.122. The minimum absolute atomic E-state index is 0.0902. The van der Waals surface area contributed by atoms with Gasteiger partial charge in [-0.15, -0.1) is 0 Å². The van der Waals surface area contributed by atoms with E-state index < -0.39 is 0 Å². The number of nitrogens with zero attached hydrogens (tertiary/aromatic N) is 4. The standard InChI is InChI=1S/C26H23Cl2N5O3/c1-16(32-10-12-36-13-11-32)25(34)30-20-6-2-17(3-7-20)24-31-22-8-4-18(27)14-21(22)26(35)33(24)23-9-5-19(28)15-29-23/h2-9,14-16H,10-13H2,1H3,(H,30,34). The van der Waals surface area contributed by atoms with Gasteiger partial charge >= 0.3 is 0 Å². The van der Waals surface area contributed by atoms with Crippen molar-refractivity contribution in [1.82, 2.24) is 19.4 Å². The summed E-state index contributed by atoms with van der Waals surface area (Å²) in [7, 11) is 0. The second-order valence-electron chi connectivity index (χ2n) is 8.46. The number of morpholine rings is 1. The summed E-state index contributed by atoms with van der Waals surface area (Å²) in [6.07, 6.45) is 1.48. The van der Waals surface area contributed by atoms with Gasteiger partial charge in [0.2, 0.25) is 5.91 Å². The van der Waals surface area contributed by atoms with E-state index in [0.29, 0.717) is 57.1 Å². The van der Waals surface area contributed by atoms with Crippen molar-refractivity contribution >= 4 is 45.7 Å². The van der Waals surface area contributed by atoms with Crippen LogP contribution in [0.2, 0.25) is 10.0 Å². The molecule has 8 nitrogen and oxygen atoms in total. The summed E-state index contributed by atoms with van der Waals surface area (Å²) < 4.78 is 6.80. The Hall–Kier alpha value is -3.30. The summed E-state index contributed by atoms with van der Waals surface area (Å²) in [4.78, 5) is 37.5. The van der Waals surface area contributed by atoms with E-state index in [4.69, 9.17) is 32.9 Å². The molecule has 2 aromatic carbocycles. The van der Waals surface area contributed by atoms with Gasteiger partial charge < -0.3 is 10.1 Å². The minimum atomic E-state index is -0.302. The summed E-state index contributed by atoms with van der Waals surface area (Å²) in [6.45, 7) is 4.59. The van der Waals surface area contributed by atoms with Gasteiger partial charge in [-0.2, -0.15) is 0 Å². The smallest absolute Gasteiger partial charge is 0.267 e. The number of pyridine rings is 1. The van der Waals surface area contributed by atoms with Crippen molar-refractivity contribution < 1.29 is 9.53 Å². The molecule has 1 aliphatic rings. The van der Waals surface area contributed by atoms with Crippen molar-refractivity contribution in [2.45, 2.75) is 13.0 Å². The zero-order chi connectivity index (χ0) is 25.2. The molecule has 1 N–H and O–H groups in total. The predicted molar refractivity (Wildman–Crippen MR) is 141 cm³/mol. The number of benzene rings is 2. The van der Waals surface area contributed by atoms with Crippen LogP contribution in [-0.2, 0) is 9.53 Å². The summed E-state index contributed by atoms with van der Waals surface area (Å²) in [5.74, 6) is 0.697. The first-order chi connectivity index (χ1) is 17.4. The number of carbonyl (C=O) groups is 1. The predicted octanol–water partition coefficient (Wildman–Crippen LogP) is 4.41. The van der Waals surface area contributed by atoms with Crippen LogP contribution in [0.25, 0.3) is 28.1 Å². The number of rotatable bonds is 5. The molecule has 1 saturated heterocycles. The highest BCUT2D eigenvalue weighted by Crippen LogP contribution is 2.25. The van der Waals surface area contributed by atoms with E-state index in [1.54, 1.807) is 42.5 Å². The molecule has 10 heteroatoms. The number of halogens is 2. The number of ether oxygens (including phenoxy) is 1. The van der Waals surface area contributed by atoms with E-state index in [-0.39, 0.29) is 17.5 Å². The molecule has 3 heterocycles. The summed E-state index contributed by atoms with van der Waals surface area (Å²) in [5, 5.41) is 4.24. The molecular formula is C26H23Cl2N5O3. The van der Waals surface area contributed by atoms with Crippen molar-refractivity contribution in [1.29, 1.82) is 0 Å². The van der Waals surface area contributed by atoms with E-state index in [1.165, 1.54) is 10.8 Å². The van der Waals surface area contributed by atoms with Gasteiger partial charge in [-0.3, -0.25) is 14.5 Å². The first-order valence-corrected chi connectivity index (χ1v) is 12.2. The van der Waals surface area contributed by atoms with Crippen LogP contribution in [0, 0.1) is 0 Å². The molecule has 0 spiro atoms. The lowest BCUT2D eigenvalue weighted by atomic mass is 10.1. The fourth-order valence-corrected chi connectivity index (χ4v) is 4.43. The maximum atomic E-state index is 13.5. The SMILES string of the molecule is CC(C(=O)Nc1ccc(-c2nc3ccc(Cl)cc3c(=O)n2-c2ccc(Cl)cn2)cc1)N1CCOCC1. The lowest BCUT2D eigenvalue weighted by Crippen LogP contribution is -2.47. The van der Waals surface area contributed by atoms with Gasteiger partial charge in [-0.05, 0) is 61.5 Å². The summed E-state index contributed by atoms with van der Waals surface area (Å²) in [5.41, 5.74) is 1.54. The van der Waals surface area contributed by atoms with Crippen molar-refractivity contribution in [3.63, 3.8) is 0 Å².